The first kappa shape index (κ1) is 20.4. The van der Waals surface area contributed by atoms with Gasteiger partial charge in [0.2, 0.25) is 10.0 Å². The van der Waals surface area contributed by atoms with Crippen LogP contribution in [0.15, 0.2) is 41.3 Å². The number of non-ortho nitro benzene ring substituents is 1. The van der Waals surface area contributed by atoms with E-state index in [2.05, 4.69) is 0 Å². The summed E-state index contributed by atoms with van der Waals surface area (Å²) in [7, 11) is -3.88. The molecule has 0 aliphatic carbocycles. The van der Waals surface area contributed by atoms with Gasteiger partial charge in [-0.1, -0.05) is 0 Å². The average molecular weight is 423 g/mol. The van der Waals surface area contributed by atoms with Gasteiger partial charge < -0.3 is 20.2 Å². The van der Waals surface area contributed by atoms with E-state index in [1.54, 1.807) is 0 Å². The lowest BCUT2D eigenvalue weighted by atomic mass is 10.1. The molecular formula is C17H17N3O8S. The largest absolute Gasteiger partial charge is 0.504 e. The Hall–Kier alpha value is -3.38. The van der Waals surface area contributed by atoms with Crippen molar-refractivity contribution in [3.05, 3.63) is 52.1 Å². The third-order valence-electron chi connectivity index (χ3n) is 4.53. The SMILES string of the molecule is O=C(c1cc(O)c(O)c(O)c1)N1CCN(S(=O)(=O)c2ccc([N+](=O)[O-])cc2)CC1. The molecule has 0 unspecified atom stereocenters. The highest BCUT2D eigenvalue weighted by molar-refractivity contribution is 7.89. The van der Waals surface area contributed by atoms with Gasteiger partial charge in [-0.2, -0.15) is 4.31 Å². The molecule has 0 aromatic heterocycles. The topological polar surface area (TPSA) is 162 Å². The molecule has 3 rings (SSSR count). The lowest BCUT2D eigenvalue weighted by Crippen LogP contribution is -2.50. The molecule has 0 atom stereocenters. The molecule has 154 valence electrons. The van der Waals surface area contributed by atoms with Crippen molar-refractivity contribution in [1.29, 1.82) is 0 Å². The number of aromatic hydroxyl groups is 3. The number of nitro benzene ring substituents is 1. The number of phenols is 3. The van der Waals surface area contributed by atoms with Gasteiger partial charge in [-0.05, 0) is 24.3 Å². The summed E-state index contributed by atoms with van der Waals surface area (Å²) in [5.74, 6) is -2.57. The number of hydrogen-bond donors (Lipinski definition) is 3. The van der Waals surface area contributed by atoms with Gasteiger partial charge in [0.15, 0.2) is 17.2 Å². The average Bonchev–Trinajstić information content (AvgIpc) is 2.71. The summed E-state index contributed by atoms with van der Waals surface area (Å²) in [6, 6.07) is 6.56. The van der Waals surface area contributed by atoms with Crippen molar-refractivity contribution in [2.75, 3.05) is 26.2 Å². The maximum absolute atomic E-state index is 12.7. The number of nitro groups is 1. The van der Waals surface area contributed by atoms with E-state index in [0.717, 1.165) is 36.4 Å². The maximum Gasteiger partial charge on any atom is 0.269 e. The van der Waals surface area contributed by atoms with Crippen molar-refractivity contribution < 1.29 is 33.5 Å². The molecule has 3 N–H and O–H groups in total. The monoisotopic (exact) mass is 423 g/mol. The number of hydrogen-bond acceptors (Lipinski definition) is 8. The lowest BCUT2D eigenvalue weighted by Gasteiger charge is -2.34. The van der Waals surface area contributed by atoms with Crippen molar-refractivity contribution in [2.24, 2.45) is 0 Å². The minimum absolute atomic E-state index is 0.00110. The Balaban J connectivity index is 1.71. The summed E-state index contributed by atoms with van der Waals surface area (Å²) >= 11 is 0. The van der Waals surface area contributed by atoms with E-state index >= 15 is 0 Å². The molecule has 11 nitrogen and oxygen atoms in total. The number of piperazine rings is 1. The van der Waals surface area contributed by atoms with Crippen LogP contribution in [0, 0.1) is 10.1 Å². The predicted molar refractivity (Wildman–Crippen MR) is 99.2 cm³/mol. The van der Waals surface area contributed by atoms with Crippen LogP contribution in [0.25, 0.3) is 0 Å². The summed E-state index contributed by atoms with van der Waals surface area (Å²) in [5.41, 5.74) is -0.274. The molecule has 1 aliphatic heterocycles. The molecule has 0 radical (unpaired) electrons. The lowest BCUT2D eigenvalue weighted by molar-refractivity contribution is -0.384. The smallest absolute Gasteiger partial charge is 0.269 e. The highest BCUT2D eigenvalue weighted by atomic mass is 32.2. The summed E-state index contributed by atoms with van der Waals surface area (Å²) in [5, 5.41) is 39.2. The molecule has 0 saturated carbocycles. The summed E-state index contributed by atoms with van der Waals surface area (Å²) < 4.78 is 26.6. The number of phenolic OH excluding ortho intramolecular Hbond substituents is 3. The normalized spacial score (nSPS) is 15.2. The zero-order chi connectivity index (χ0) is 21.3. The van der Waals surface area contributed by atoms with Crippen LogP contribution in [0.1, 0.15) is 10.4 Å². The molecule has 0 spiro atoms. The minimum atomic E-state index is -3.88. The second-order valence-corrected chi connectivity index (χ2v) is 8.25. The van der Waals surface area contributed by atoms with Crippen molar-refractivity contribution in [3.63, 3.8) is 0 Å². The van der Waals surface area contributed by atoms with Gasteiger partial charge in [-0.25, -0.2) is 8.42 Å². The Kier molecular flexibility index (Phi) is 5.31. The van der Waals surface area contributed by atoms with Crippen LogP contribution < -0.4 is 0 Å². The summed E-state index contributed by atoms with van der Waals surface area (Å²) in [4.78, 5) is 23.9. The van der Waals surface area contributed by atoms with Crippen molar-refractivity contribution in [1.82, 2.24) is 9.21 Å². The molecule has 12 heteroatoms. The van der Waals surface area contributed by atoms with Crippen LogP contribution >= 0.6 is 0 Å². The van der Waals surface area contributed by atoms with Gasteiger partial charge in [0.05, 0.1) is 9.82 Å². The molecule has 1 aliphatic rings. The van der Waals surface area contributed by atoms with Gasteiger partial charge in [-0.3, -0.25) is 14.9 Å². The van der Waals surface area contributed by atoms with Crippen LogP contribution in [0.3, 0.4) is 0 Å². The van der Waals surface area contributed by atoms with Crippen LogP contribution in [-0.2, 0) is 10.0 Å². The van der Waals surface area contributed by atoms with Crippen molar-refractivity contribution in [3.8, 4) is 17.2 Å². The molecule has 2 aromatic rings. The van der Waals surface area contributed by atoms with Gasteiger partial charge >= 0.3 is 0 Å². The van der Waals surface area contributed by atoms with E-state index in [9.17, 15) is 38.6 Å². The molecule has 0 bridgehead atoms. The number of benzene rings is 2. The molecular weight excluding hydrogens is 406 g/mol. The van der Waals surface area contributed by atoms with Crippen LogP contribution in [-0.4, -0.2) is 70.0 Å². The van der Waals surface area contributed by atoms with Gasteiger partial charge in [0, 0.05) is 43.9 Å². The summed E-state index contributed by atoms with van der Waals surface area (Å²) in [6.45, 7) is 0.128. The van der Waals surface area contributed by atoms with E-state index in [1.165, 1.54) is 9.21 Å². The molecule has 2 aromatic carbocycles. The predicted octanol–water partition coefficient (Wildman–Crippen LogP) is 0.858. The molecule has 1 amide bonds. The minimum Gasteiger partial charge on any atom is -0.504 e. The van der Waals surface area contributed by atoms with Crippen LogP contribution in [0.2, 0.25) is 0 Å². The van der Waals surface area contributed by atoms with E-state index in [4.69, 9.17) is 0 Å². The third-order valence-corrected chi connectivity index (χ3v) is 6.44. The first-order valence-corrected chi connectivity index (χ1v) is 9.84. The van der Waals surface area contributed by atoms with Gasteiger partial charge in [0.25, 0.3) is 11.6 Å². The van der Waals surface area contributed by atoms with E-state index < -0.39 is 38.1 Å². The molecule has 1 heterocycles. The fourth-order valence-corrected chi connectivity index (χ4v) is 4.35. The van der Waals surface area contributed by atoms with Crippen LogP contribution in [0.5, 0.6) is 17.2 Å². The number of sulfonamides is 1. The third kappa shape index (κ3) is 3.93. The van der Waals surface area contributed by atoms with E-state index in [1.807, 2.05) is 0 Å². The number of rotatable bonds is 4. The van der Waals surface area contributed by atoms with Crippen molar-refractivity contribution in [2.45, 2.75) is 4.90 Å². The zero-order valence-electron chi connectivity index (χ0n) is 14.9. The van der Waals surface area contributed by atoms with Crippen molar-refractivity contribution >= 4 is 21.6 Å². The fourth-order valence-electron chi connectivity index (χ4n) is 2.93. The second-order valence-electron chi connectivity index (χ2n) is 6.31. The summed E-state index contributed by atoms with van der Waals surface area (Å²) in [6.07, 6.45) is 0. The Bertz CT molecular complexity index is 1040. The Morgan fingerprint density at radius 2 is 1.48 bits per heavy atom. The number of amides is 1. The number of nitrogens with zero attached hydrogens (tertiary/aromatic N) is 3. The van der Waals surface area contributed by atoms with E-state index in [-0.39, 0.29) is 42.3 Å². The molecule has 29 heavy (non-hydrogen) atoms. The standard InChI is InChI=1S/C17H17N3O8S/c21-14-9-11(10-15(22)16(14)23)17(24)18-5-7-19(8-6-18)29(27,28)13-3-1-12(2-4-13)20(25)26/h1-4,9-10,21-23H,5-8H2. The highest BCUT2D eigenvalue weighted by Crippen LogP contribution is 2.35. The number of carbonyl (C=O) groups is 1. The van der Waals surface area contributed by atoms with Gasteiger partial charge in [-0.15, -0.1) is 0 Å². The van der Waals surface area contributed by atoms with E-state index in [0.29, 0.717) is 0 Å². The first-order chi connectivity index (χ1) is 13.6. The number of carbonyl (C=O) groups excluding carboxylic acids is 1. The Morgan fingerprint density at radius 3 is 1.97 bits per heavy atom. The van der Waals surface area contributed by atoms with Gasteiger partial charge in [0.1, 0.15) is 0 Å². The first-order valence-electron chi connectivity index (χ1n) is 8.40. The quantitative estimate of drug-likeness (QED) is 0.370. The fraction of sp³-hybridized carbons (Fsp3) is 0.235. The molecule has 1 saturated heterocycles. The maximum atomic E-state index is 12.7. The Labute approximate surface area is 165 Å². The second kappa shape index (κ2) is 7.56. The molecule has 1 fully saturated rings. The highest BCUT2D eigenvalue weighted by Gasteiger charge is 2.31. The zero-order valence-corrected chi connectivity index (χ0v) is 15.7. The van der Waals surface area contributed by atoms with Crippen LogP contribution in [0.4, 0.5) is 5.69 Å². The Morgan fingerprint density at radius 1 is 0.966 bits per heavy atom.